The van der Waals surface area contributed by atoms with Crippen molar-refractivity contribution in [3.63, 3.8) is 0 Å². The fourth-order valence-electron chi connectivity index (χ4n) is 2.85. The van der Waals surface area contributed by atoms with Crippen molar-refractivity contribution in [1.29, 1.82) is 0 Å². The Balaban J connectivity index is 2.22. The predicted octanol–water partition coefficient (Wildman–Crippen LogP) is 2.41. The average molecular weight is 294 g/mol. The van der Waals surface area contributed by atoms with Gasteiger partial charge in [0.1, 0.15) is 10.3 Å². The summed E-state index contributed by atoms with van der Waals surface area (Å²) >= 11 is 3.45. The Hall–Kier alpha value is -0.870. The fraction of sp³-hybridized carbons (Fsp3) is 0.462. The smallest absolute Gasteiger partial charge is 0.141 e. The highest BCUT2D eigenvalue weighted by atomic mass is 79.9. The first-order valence-electron chi connectivity index (χ1n) is 6.00. The highest BCUT2D eigenvalue weighted by Crippen LogP contribution is 2.31. The standard InChI is InChI=1S/C13H16BrN3/c1-15-8-3-5-11-10(7-8)9-4-6-12(14)16-13(9)17(11)2/h4,6,8,15H,3,5,7H2,1-2H3/t8-/m1/s1. The van der Waals surface area contributed by atoms with E-state index in [2.05, 4.69) is 51.0 Å². The maximum absolute atomic E-state index is 4.59. The summed E-state index contributed by atoms with van der Waals surface area (Å²) < 4.78 is 3.16. The molecule has 0 aromatic carbocycles. The molecule has 0 spiro atoms. The Morgan fingerprint density at radius 2 is 2.29 bits per heavy atom. The van der Waals surface area contributed by atoms with E-state index in [0.717, 1.165) is 23.1 Å². The minimum atomic E-state index is 0.608. The molecule has 0 saturated heterocycles. The molecule has 2 aromatic heterocycles. The summed E-state index contributed by atoms with van der Waals surface area (Å²) in [5, 5.41) is 4.70. The van der Waals surface area contributed by atoms with Crippen molar-refractivity contribution in [1.82, 2.24) is 14.9 Å². The van der Waals surface area contributed by atoms with Gasteiger partial charge in [-0.05, 0) is 59.9 Å². The van der Waals surface area contributed by atoms with Crippen molar-refractivity contribution in [3.8, 4) is 0 Å². The molecule has 17 heavy (non-hydrogen) atoms. The number of halogens is 1. The molecule has 0 aliphatic heterocycles. The minimum absolute atomic E-state index is 0.608. The molecule has 0 unspecified atom stereocenters. The van der Waals surface area contributed by atoms with Gasteiger partial charge in [-0.15, -0.1) is 0 Å². The molecule has 1 aliphatic rings. The molecule has 1 N–H and O–H groups in total. The Bertz CT molecular complexity index is 574. The number of nitrogens with zero attached hydrogens (tertiary/aromatic N) is 2. The van der Waals surface area contributed by atoms with Gasteiger partial charge in [0.2, 0.25) is 0 Å². The average Bonchev–Trinajstić information content (AvgIpc) is 2.62. The van der Waals surface area contributed by atoms with Crippen LogP contribution >= 0.6 is 15.9 Å². The minimum Gasteiger partial charge on any atom is -0.332 e. The first-order valence-corrected chi connectivity index (χ1v) is 6.80. The SMILES string of the molecule is CN[C@@H]1CCc2c(c3ccc(Br)nc3n2C)C1. The lowest BCUT2D eigenvalue weighted by molar-refractivity contribution is 0.488. The molecule has 0 saturated carbocycles. The van der Waals surface area contributed by atoms with Crippen LogP contribution in [0.25, 0.3) is 11.0 Å². The summed E-state index contributed by atoms with van der Waals surface area (Å²) in [6.07, 6.45) is 3.48. The second kappa shape index (κ2) is 4.10. The Morgan fingerprint density at radius 3 is 3.06 bits per heavy atom. The van der Waals surface area contributed by atoms with Crippen molar-refractivity contribution < 1.29 is 0 Å². The number of hydrogen-bond acceptors (Lipinski definition) is 2. The van der Waals surface area contributed by atoms with E-state index < -0.39 is 0 Å². The number of fused-ring (bicyclic) bond motifs is 3. The van der Waals surface area contributed by atoms with Crippen LogP contribution in [0.15, 0.2) is 16.7 Å². The van der Waals surface area contributed by atoms with Crippen LogP contribution in [-0.2, 0) is 19.9 Å². The lowest BCUT2D eigenvalue weighted by Crippen LogP contribution is -2.31. The van der Waals surface area contributed by atoms with Crippen LogP contribution in [-0.4, -0.2) is 22.6 Å². The van der Waals surface area contributed by atoms with Gasteiger partial charge in [-0.25, -0.2) is 4.98 Å². The second-order valence-electron chi connectivity index (χ2n) is 4.72. The maximum Gasteiger partial charge on any atom is 0.141 e. The molecule has 2 heterocycles. The lowest BCUT2D eigenvalue weighted by atomic mass is 9.92. The van der Waals surface area contributed by atoms with Crippen LogP contribution in [0.5, 0.6) is 0 Å². The summed E-state index contributed by atoms with van der Waals surface area (Å²) in [5.41, 5.74) is 4.03. The van der Waals surface area contributed by atoms with Crippen LogP contribution in [0.4, 0.5) is 0 Å². The van der Waals surface area contributed by atoms with E-state index in [-0.39, 0.29) is 0 Å². The van der Waals surface area contributed by atoms with Crippen LogP contribution < -0.4 is 5.32 Å². The largest absolute Gasteiger partial charge is 0.332 e. The van der Waals surface area contributed by atoms with Gasteiger partial charge < -0.3 is 9.88 Å². The molecule has 1 aliphatic carbocycles. The zero-order valence-corrected chi connectivity index (χ0v) is 11.7. The van der Waals surface area contributed by atoms with Crippen molar-refractivity contribution in [2.45, 2.75) is 25.3 Å². The van der Waals surface area contributed by atoms with Gasteiger partial charge in [-0.3, -0.25) is 0 Å². The Morgan fingerprint density at radius 1 is 1.47 bits per heavy atom. The molecule has 0 amide bonds. The van der Waals surface area contributed by atoms with Crippen molar-refractivity contribution in [2.24, 2.45) is 7.05 Å². The first kappa shape index (κ1) is 11.2. The van der Waals surface area contributed by atoms with Gasteiger partial charge in [0.15, 0.2) is 0 Å². The molecule has 2 aromatic rings. The van der Waals surface area contributed by atoms with E-state index in [1.807, 2.05) is 6.07 Å². The number of pyridine rings is 1. The molecule has 3 rings (SSSR count). The van der Waals surface area contributed by atoms with Gasteiger partial charge in [0.05, 0.1) is 0 Å². The number of aromatic nitrogens is 2. The summed E-state index contributed by atoms with van der Waals surface area (Å²) in [5.74, 6) is 0. The van der Waals surface area contributed by atoms with E-state index >= 15 is 0 Å². The van der Waals surface area contributed by atoms with E-state index in [9.17, 15) is 0 Å². The highest BCUT2D eigenvalue weighted by molar-refractivity contribution is 9.10. The quantitative estimate of drug-likeness (QED) is 0.819. The van der Waals surface area contributed by atoms with E-state index in [4.69, 9.17) is 0 Å². The third-order valence-electron chi connectivity index (χ3n) is 3.83. The van der Waals surface area contributed by atoms with Gasteiger partial charge in [-0.2, -0.15) is 0 Å². The fourth-order valence-corrected chi connectivity index (χ4v) is 3.15. The second-order valence-corrected chi connectivity index (χ2v) is 5.53. The molecule has 4 heteroatoms. The van der Waals surface area contributed by atoms with Gasteiger partial charge in [0.25, 0.3) is 0 Å². The van der Waals surface area contributed by atoms with Crippen LogP contribution in [0.2, 0.25) is 0 Å². The lowest BCUT2D eigenvalue weighted by Gasteiger charge is -2.22. The molecule has 90 valence electrons. The van der Waals surface area contributed by atoms with Crippen LogP contribution in [0.3, 0.4) is 0 Å². The number of nitrogens with one attached hydrogen (secondary N) is 1. The van der Waals surface area contributed by atoms with Crippen molar-refractivity contribution in [2.75, 3.05) is 7.05 Å². The first-order chi connectivity index (χ1) is 8.20. The normalized spacial score (nSPS) is 19.6. The molecule has 3 nitrogen and oxygen atoms in total. The molecular weight excluding hydrogens is 278 g/mol. The van der Waals surface area contributed by atoms with Crippen LogP contribution in [0, 0.1) is 0 Å². The molecule has 0 bridgehead atoms. The van der Waals surface area contributed by atoms with E-state index in [0.29, 0.717) is 6.04 Å². The Kier molecular flexibility index (Phi) is 2.71. The summed E-state index contributed by atoms with van der Waals surface area (Å²) in [7, 11) is 4.18. The predicted molar refractivity (Wildman–Crippen MR) is 73.3 cm³/mol. The number of aryl methyl sites for hydroxylation is 1. The van der Waals surface area contributed by atoms with Gasteiger partial charge >= 0.3 is 0 Å². The zero-order valence-electron chi connectivity index (χ0n) is 10.1. The van der Waals surface area contributed by atoms with Crippen LogP contribution in [0.1, 0.15) is 17.7 Å². The summed E-state index contributed by atoms with van der Waals surface area (Å²) in [6, 6.07) is 4.83. The van der Waals surface area contributed by atoms with Crippen molar-refractivity contribution in [3.05, 3.63) is 28.0 Å². The zero-order chi connectivity index (χ0) is 12.0. The molecule has 1 atom stereocenters. The third kappa shape index (κ3) is 1.70. The maximum atomic E-state index is 4.59. The van der Waals surface area contributed by atoms with E-state index in [1.165, 1.54) is 23.1 Å². The monoisotopic (exact) mass is 293 g/mol. The summed E-state index contributed by atoms with van der Waals surface area (Å²) in [6.45, 7) is 0. The topological polar surface area (TPSA) is 29.9 Å². The summed E-state index contributed by atoms with van der Waals surface area (Å²) in [4.78, 5) is 4.59. The Labute approximate surface area is 109 Å². The van der Waals surface area contributed by atoms with Crippen molar-refractivity contribution >= 4 is 27.0 Å². The van der Waals surface area contributed by atoms with Gasteiger partial charge in [-0.1, -0.05) is 0 Å². The van der Waals surface area contributed by atoms with E-state index in [1.54, 1.807) is 0 Å². The third-order valence-corrected chi connectivity index (χ3v) is 4.27. The molecule has 0 fully saturated rings. The molecular formula is C13H16BrN3. The number of hydrogen-bond donors (Lipinski definition) is 1. The number of likely N-dealkylation sites (N-methyl/N-ethyl adjacent to an activating group) is 1. The molecule has 0 radical (unpaired) electrons. The number of rotatable bonds is 1. The highest BCUT2D eigenvalue weighted by Gasteiger charge is 2.23. The van der Waals surface area contributed by atoms with Gasteiger partial charge in [0, 0.05) is 24.2 Å².